The number of hydrogen-bond donors (Lipinski definition) is 2. The molecule has 1 atom stereocenters. The summed E-state index contributed by atoms with van der Waals surface area (Å²) in [5, 5.41) is 8.91. The summed E-state index contributed by atoms with van der Waals surface area (Å²) in [6, 6.07) is 5.84. The summed E-state index contributed by atoms with van der Waals surface area (Å²) in [6.07, 6.45) is 3.06. The van der Waals surface area contributed by atoms with Crippen LogP contribution in [0.2, 0.25) is 0 Å². The Morgan fingerprint density at radius 1 is 1.50 bits per heavy atom. The van der Waals surface area contributed by atoms with Crippen LogP contribution in [0.25, 0.3) is 0 Å². The molecule has 0 spiro atoms. The fraction of sp³-hybridized carbons (Fsp3) is 0.538. The average Bonchev–Trinajstić information content (AvgIpc) is 2.35. The molecule has 0 amide bonds. The van der Waals surface area contributed by atoms with E-state index in [1.54, 1.807) is 13.1 Å². The number of aromatic nitrogens is 1. The van der Waals surface area contributed by atoms with Crippen molar-refractivity contribution >= 4 is 5.97 Å². The van der Waals surface area contributed by atoms with Gasteiger partial charge >= 0.3 is 5.97 Å². The molecule has 0 aliphatic heterocycles. The fourth-order valence-corrected chi connectivity index (χ4v) is 1.49. The van der Waals surface area contributed by atoms with Crippen molar-refractivity contribution in [2.24, 2.45) is 5.73 Å². The van der Waals surface area contributed by atoms with Crippen molar-refractivity contribution in [1.29, 1.82) is 0 Å². The maximum absolute atomic E-state index is 10.9. The first-order chi connectivity index (χ1) is 8.42. The highest BCUT2D eigenvalue weighted by Gasteiger charge is 2.27. The Bertz CT molecular complexity index is 379. The van der Waals surface area contributed by atoms with Crippen LogP contribution in [0, 0.1) is 0 Å². The van der Waals surface area contributed by atoms with Gasteiger partial charge in [0, 0.05) is 31.4 Å². The van der Waals surface area contributed by atoms with Crippen LogP contribution in [0.15, 0.2) is 24.4 Å². The number of aliphatic carboxylic acids is 1. The predicted molar refractivity (Wildman–Crippen MR) is 70.3 cm³/mol. The highest BCUT2D eigenvalue weighted by Crippen LogP contribution is 2.07. The summed E-state index contributed by atoms with van der Waals surface area (Å²) in [5.74, 6) is -0.958. The van der Waals surface area contributed by atoms with Crippen molar-refractivity contribution in [3.05, 3.63) is 30.1 Å². The van der Waals surface area contributed by atoms with Crippen molar-refractivity contribution in [1.82, 2.24) is 9.88 Å². The van der Waals surface area contributed by atoms with Gasteiger partial charge in [0.2, 0.25) is 0 Å². The molecule has 0 bridgehead atoms. The third-order valence-electron chi connectivity index (χ3n) is 2.98. The van der Waals surface area contributed by atoms with Gasteiger partial charge in [-0.2, -0.15) is 0 Å². The first kappa shape index (κ1) is 14.6. The number of pyridine rings is 1. The van der Waals surface area contributed by atoms with E-state index in [2.05, 4.69) is 9.88 Å². The van der Waals surface area contributed by atoms with Crippen LogP contribution in [-0.2, 0) is 11.2 Å². The lowest BCUT2D eigenvalue weighted by molar-refractivity contribution is -0.143. The highest BCUT2D eigenvalue weighted by molar-refractivity contribution is 5.77. The van der Waals surface area contributed by atoms with Gasteiger partial charge in [-0.25, -0.2) is 0 Å². The molecule has 5 nitrogen and oxygen atoms in total. The lowest BCUT2D eigenvalue weighted by Gasteiger charge is -2.23. The third kappa shape index (κ3) is 4.81. The first-order valence-electron chi connectivity index (χ1n) is 6.02. The Morgan fingerprint density at radius 2 is 2.22 bits per heavy atom. The van der Waals surface area contributed by atoms with Crippen LogP contribution in [-0.4, -0.2) is 46.6 Å². The predicted octanol–water partition coefficient (Wildman–Crippen LogP) is 0.748. The molecule has 0 aromatic carbocycles. The van der Waals surface area contributed by atoms with Crippen molar-refractivity contribution < 1.29 is 9.90 Å². The Morgan fingerprint density at radius 3 is 2.78 bits per heavy atom. The molecular formula is C13H21N3O2. The maximum atomic E-state index is 10.9. The van der Waals surface area contributed by atoms with Crippen LogP contribution in [0.3, 0.4) is 0 Å². The molecule has 18 heavy (non-hydrogen) atoms. The van der Waals surface area contributed by atoms with Crippen molar-refractivity contribution in [3.8, 4) is 0 Å². The highest BCUT2D eigenvalue weighted by atomic mass is 16.4. The summed E-state index contributed by atoms with van der Waals surface area (Å²) < 4.78 is 0. The Balaban J connectivity index is 2.30. The van der Waals surface area contributed by atoms with E-state index in [0.29, 0.717) is 13.0 Å². The van der Waals surface area contributed by atoms with E-state index < -0.39 is 11.5 Å². The molecule has 0 aliphatic rings. The zero-order chi connectivity index (χ0) is 13.6. The molecule has 0 aliphatic carbocycles. The lowest BCUT2D eigenvalue weighted by Crippen LogP contribution is -2.47. The number of carboxylic acids is 1. The van der Waals surface area contributed by atoms with Crippen molar-refractivity contribution in [2.75, 3.05) is 20.1 Å². The molecule has 0 radical (unpaired) electrons. The van der Waals surface area contributed by atoms with E-state index in [9.17, 15) is 4.79 Å². The molecule has 3 N–H and O–H groups in total. The van der Waals surface area contributed by atoms with Gasteiger partial charge in [-0.05, 0) is 32.5 Å². The molecular weight excluding hydrogens is 230 g/mol. The summed E-state index contributed by atoms with van der Waals surface area (Å²) in [5.41, 5.74) is 5.56. The second kappa shape index (κ2) is 6.47. The summed E-state index contributed by atoms with van der Waals surface area (Å²) in [6.45, 7) is 3.04. The minimum absolute atomic E-state index is 0.432. The molecule has 0 fully saturated rings. The number of likely N-dealkylation sites (N-methyl/N-ethyl adjacent to an activating group) is 1. The lowest BCUT2D eigenvalue weighted by atomic mass is 9.99. The van der Waals surface area contributed by atoms with E-state index in [1.165, 1.54) is 0 Å². The minimum Gasteiger partial charge on any atom is -0.480 e. The van der Waals surface area contributed by atoms with Gasteiger partial charge in [0.15, 0.2) is 0 Å². The fourth-order valence-electron chi connectivity index (χ4n) is 1.49. The number of nitrogens with two attached hydrogens (primary N) is 1. The zero-order valence-corrected chi connectivity index (χ0v) is 11.0. The molecule has 1 aromatic rings. The molecule has 1 aromatic heterocycles. The van der Waals surface area contributed by atoms with E-state index in [1.807, 2.05) is 25.2 Å². The number of carboxylic acid groups (broad SMARTS) is 1. The van der Waals surface area contributed by atoms with E-state index >= 15 is 0 Å². The Kier molecular flexibility index (Phi) is 5.25. The number of hydrogen-bond acceptors (Lipinski definition) is 4. The second-order valence-corrected chi connectivity index (χ2v) is 4.85. The first-order valence-corrected chi connectivity index (χ1v) is 6.02. The monoisotopic (exact) mass is 251 g/mol. The van der Waals surface area contributed by atoms with Crippen LogP contribution in [0.5, 0.6) is 0 Å². The van der Waals surface area contributed by atoms with Gasteiger partial charge in [0.25, 0.3) is 0 Å². The van der Waals surface area contributed by atoms with Crippen LogP contribution in [0.4, 0.5) is 0 Å². The molecule has 1 rings (SSSR count). The van der Waals surface area contributed by atoms with E-state index in [4.69, 9.17) is 10.8 Å². The Labute approximate surface area is 108 Å². The zero-order valence-electron chi connectivity index (χ0n) is 11.0. The molecule has 1 heterocycles. The summed E-state index contributed by atoms with van der Waals surface area (Å²) >= 11 is 0. The van der Waals surface area contributed by atoms with Crippen molar-refractivity contribution in [2.45, 2.75) is 25.3 Å². The van der Waals surface area contributed by atoms with Crippen LogP contribution in [0.1, 0.15) is 19.0 Å². The molecule has 0 saturated carbocycles. The van der Waals surface area contributed by atoms with E-state index in [0.717, 1.165) is 18.7 Å². The quantitative estimate of drug-likeness (QED) is 0.747. The molecule has 1 unspecified atom stereocenters. The van der Waals surface area contributed by atoms with Gasteiger partial charge in [-0.15, -0.1) is 0 Å². The third-order valence-corrected chi connectivity index (χ3v) is 2.98. The van der Waals surface area contributed by atoms with Gasteiger partial charge in [-0.3, -0.25) is 9.78 Å². The molecule has 100 valence electrons. The maximum Gasteiger partial charge on any atom is 0.323 e. The summed E-state index contributed by atoms with van der Waals surface area (Å²) in [4.78, 5) is 17.2. The Hall–Kier alpha value is -1.46. The number of nitrogens with zero attached hydrogens (tertiary/aromatic N) is 2. The van der Waals surface area contributed by atoms with Gasteiger partial charge in [0.05, 0.1) is 0 Å². The topological polar surface area (TPSA) is 79.5 Å². The standard InChI is InChI=1S/C13H21N3O2/c1-13(14,12(17)18)7-10-16(2)9-6-11-5-3-4-8-15-11/h3-5,8H,6-7,9-10,14H2,1-2H3,(H,17,18). The van der Waals surface area contributed by atoms with Crippen molar-refractivity contribution in [3.63, 3.8) is 0 Å². The molecule has 5 heteroatoms. The minimum atomic E-state index is -1.15. The number of carbonyl (C=O) groups is 1. The normalized spacial score (nSPS) is 14.4. The molecule has 0 saturated heterocycles. The van der Waals surface area contributed by atoms with Crippen LogP contribution >= 0.6 is 0 Å². The largest absolute Gasteiger partial charge is 0.480 e. The van der Waals surface area contributed by atoms with Crippen LogP contribution < -0.4 is 5.73 Å². The average molecular weight is 251 g/mol. The summed E-state index contributed by atoms with van der Waals surface area (Å²) in [7, 11) is 1.96. The number of rotatable bonds is 7. The smallest absolute Gasteiger partial charge is 0.323 e. The van der Waals surface area contributed by atoms with Gasteiger partial charge in [0.1, 0.15) is 5.54 Å². The second-order valence-electron chi connectivity index (χ2n) is 4.85. The van der Waals surface area contributed by atoms with Gasteiger partial charge in [-0.1, -0.05) is 6.07 Å². The SMILES string of the molecule is CN(CCc1ccccn1)CCC(C)(N)C(=O)O. The van der Waals surface area contributed by atoms with E-state index in [-0.39, 0.29) is 0 Å². The van der Waals surface area contributed by atoms with Gasteiger partial charge < -0.3 is 15.7 Å².